The number of piperazine rings is 2. The fourth-order valence-electron chi connectivity index (χ4n) is 5.78. The van der Waals surface area contributed by atoms with Crippen molar-refractivity contribution in [1.82, 2.24) is 25.2 Å². The molecular formula is C27H37N9O. The van der Waals surface area contributed by atoms with E-state index in [0.717, 1.165) is 100 Å². The third kappa shape index (κ3) is 5.27. The monoisotopic (exact) mass is 503 g/mol. The number of fused-ring (bicyclic) bond motifs is 1. The summed E-state index contributed by atoms with van der Waals surface area (Å²) in [6, 6.07) is 8.19. The molecule has 10 heteroatoms. The van der Waals surface area contributed by atoms with Crippen LogP contribution in [0.5, 0.6) is 0 Å². The predicted octanol–water partition coefficient (Wildman–Crippen LogP) is 1.43. The van der Waals surface area contributed by atoms with E-state index >= 15 is 0 Å². The summed E-state index contributed by atoms with van der Waals surface area (Å²) in [5, 5.41) is 4.49. The van der Waals surface area contributed by atoms with E-state index in [1.54, 1.807) is 6.20 Å². The Balaban J connectivity index is 1.06. The molecule has 3 fully saturated rings. The summed E-state index contributed by atoms with van der Waals surface area (Å²) in [4.78, 5) is 23.6. The van der Waals surface area contributed by atoms with Crippen LogP contribution in [0.15, 0.2) is 42.9 Å². The minimum absolute atomic E-state index is 0.151. The van der Waals surface area contributed by atoms with E-state index < -0.39 is 0 Å². The number of benzene rings is 1. The molecule has 10 nitrogen and oxygen atoms in total. The first kappa shape index (κ1) is 24.1. The molecule has 2 atom stereocenters. The van der Waals surface area contributed by atoms with Gasteiger partial charge in [0.25, 0.3) is 0 Å². The topological polar surface area (TPSA) is 98.9 Å². The number of aromatic nitrogens is 3. The molecule has 6 rings (SSSR count). The van der Waals surface area contributed by atoms with E-state index in [0.29, 0.717) is 0 Å². The smallest absolute Gasteiger partial charge is 0.147 e. The Morgan fingerprint density at radius 1 is 0.892 bits per heavy atom. The van der Waals surface area contributed by atoms with Gasteiger partial charge in [-0.1, -0.05) is 0 Å². The van der Waals surface area contributed by atoms with Crippen LogP contribution in [0.25, 0.3) is 10.9 Å². The number of ether oxygens (including phenoxy) is 1. The standard InChI is InChI=1S/C27H37N9O/c1-20-17-36(24-5-4-23(28)27-22(24)3-2-6-30-27)19-21(37-20)18-33-11-13-35(14-12-33)26-16-31-25(15-32-26)34-9-7-29-8-10-34/h2-6,15-16,20-21,29H,7-14,17-19,28H2,1H3/t20-,21+/m1/s1. The SMILES string of the molecule is C[C@@H]1CN(c2ccc(N)c3ncccc23)C[C@H](CN2CCN(c3cnc(N4CCNCC4)cn3)CC2)O1. The highest BCUT2D eigenvalue weighted by Gasteiger charge is 2.29. The molecule has 0 bridgehead atoms. The molecule has 0 aliphatic carbocycles. The lowest BCUT2D eigenvalue weighted by molar-refractivity contribution is -0.0327. The van der Waals surface area contributed by atoms with Crippen LogP contribution in [0, 0.1) is 0 Å². The summed E-state index contributed by atoms with van der Waals surface area (Å²) in [5.74, 6) is 1.94. The van der Waals surface area contributed by atoms with Gasteiger partial charge in [-0.25, -0.2) is 9.97 Å². The summed E-state index contributed by atoms with van der Waals surface area (Å²) in [7, 11) is 0. The second-order valence-corrected chi connectivity index (χ2v) is 10.3. The molecule has 3 aliphatic rings. The number of pyridine rings is 1. The number of hydrogen-bond acceptors (Lipinski definition) is 10. The van der Waals surface area contributed by atoms with E-state index in [-0.39, 0.29) is 12.2 Å². The fraction of sp³-hybridized carbons (Fsp3) is 0.519. The van der Waals surface area contributed by atoms with Crippen molar-refractivity contribution < 1.29 is 4.74 Å². The lowest BCUT2D eigenvalue weighted by Gasteiger charge is -2.42. The molecule has 0 radical (unpaired) electrons. The average molecular weight is 504 g/mol. The summed E-state index contributed by atoms with van der Waals surface area (Å²) < 4.78 is 6.39. The highest BCUT2D eigenvalue weighted by Crippen LogP contribution is 2.31. The van der Waals surface area contributed by atoms with Gasteiger partial charge < -0.3 is 30.5 Å². The van der Waals surface area contributed by atoms with Crippen molar-refractivity contribution in [2.75, 3.05) is 92.4 Å². The minimum Gasteiger partial charge on any atom is -0.397 e. The second kappa shape index (κ2) is 10.6. The quantitative estimate of drug-likeness (QED) is 0.498. The molecule has 5 heterocycles. The van der Waals surface area contributed by atoms with E-state index in [1.807, 2.05) is 24.5 Å². The Kier molecular flexibility index (Phi) is 6.95. The number of nitrogens with one attached hydrogen (secondary N) is 1. The average Bonchev–Trinajstić information content (AvgIpc) is 2.94. The Morgan fingerprint density at radius 2 is 1.62 bits per heavy atom. The molecule has 2 aromatic heterocycles. The summed E-state index contributed by atoms with van der Waals surface area (Å²) in [6.07, 6.45) is 5.98. The van der Waals surface area contributed by atoms with Crippen LogP contribution in [0.4, 0.5) is 23.0 Å². The highest BCUT2D eigenvalue weighted by molar-refractivity contribution is 5.98. The van der Waals surface area contributed by atoms with Crippen LogP contribution < -0.4 is 25.8 Å². The van der Waals surface area contributed by atoms with Gasteiger partial charge in [0.1, 0.15) is 11.6 Å². The lowest BCUT2D eigenvalue weighted by atomic mass is 10.1. The summed E-state index contributed by atoms with van der Waals surface area (Å²) in [6.45, 7) is 12.6. The van der Waals surface area contributed by atoms with Crippen LogP contribution in [-0.4, -0.2) is 104 Å². The third-order valence-corrected chi connectivity index (χ3v) is 7.67. The molecule has 0 saturated carbocycles. The number of hydrogen-bond donors (Lipinski definition) is 2. The zero-order valence-corrected chi connectivity index (χ0v) is 21.6. The minimum atomic E-state index is 0.151. The van der Waals surface area contributed by atoms with Gasteiger partial charge in [-0.3, -0.25) is 9.88 Å². The van der Waals surface area contributed by atoms with Crippen molar-refractivity contribution in [3.63, 3.8) is 0 Å². The zero-order valence-electron chi connectivity index (χ0n) is 21.6. The van der Waals surface area contributed by atoms with Gasteiger partial charge >= 0.3 is 0 Å². The normalized spacial score (nSPS) is 23.5. The Hall–Kier alpha value is -3.21. The van der Waals surface area contributed by atoms with Crippen LogP contribution in [0.1, 0.15) is 6.92 Å². The van der Waals surface area contributed by atoms with Crippen molar-refractivity contribution in [3.8, 4) is 0 Å². The Labute approximate surface area is 218 Å². The lowest BCUT2D eigenvalue weighted by Crippen LogP contribution is -2.54. The molecule has 1 aromatic carbocycles. The number of nitrogens with zero attached hydrogens (tertiary/aromatic N) is 7. The van der Waals surface area contributed by atoms with Crippen LogP contribution in [0.3, 0.4) is 0 Å². The summed E-state index contributed by atoms with van der Waals surface area (Å²) >= 11 is 0. The maximum absolute atomic E-state index is 6.39. The molecular weight excluding hydrogens is 466 g/mol. The largest absolute Gasteiger partial charge is 0.397 e. The van der Waals surface area contributed by atoms with Gasteiger partial charge in [-0.2, -0.15) is 0 Å². The van der Waals surface area contributed by atoms with Crippen molar-refractivity contribution in [3.05, 3.63) is 42.9 Å². The maximum atomic E-state index is 6.39. The second-order valence-electron chi connectivity index (χ2n) is 10.3. The molecule has 0 unspecified atom stereocenters. The van der Waals surface area contributed by atoms with Crippen molar-refractivity contribution in [1.29, 1.82) is 0 Å². The van der Waals surface area contributed by atoms with Crippen LogP contribution >= 0.6 is 0 Å². The van der Waals surface area contributed by atoms with E-state index in [1.165, 1.54) is 5.69 Å². The molecule has 3 aromatic rings. The number of rotatable bonds is 5. The first-order valence-electron chi connectivity index (χ1n) is 13.4. The number of morpholine rings is 1. The molecule has 3 aliphatic heterocycles. The van der Waals surface area contributed by atoms with Gasteiger partial charge in [-0.15, -0.1) is 0 Å². The first-order chi connectivity index (χ1) is 18.1. The highest BCUT2D eigenvalue weighted by atomic mass is 16.5. The molecule has 0 spiro atoms. The van der Waals surface area contributed by atoms with Crippen LogP contribution in [-0.2, 0) is 4.74 Å². The van der Waals surface area contributed by atoms with Crippen LogP contribution in [0.2, 0.25) is 0 Å². The Morgan fingerprint density at radius 3 is 2.35 bits per heavy atom. The van der Waals surface area contributed by atoms with Crippen molar-refractivity contribution >= 4 is 33.9 Å². The van der Waals surface area contributed by atoms with E-state index in [2.05, 4.69) is 49.0 Å². The molecule has 3 saturated heterocycles. The summed E-state index contributed by atoms with van der Waals surface area (Å²) in [5.41, 5.74) is 8.98. The predicted molar refractivity (Wildman–Crippen MR) is 148 cm³/mol. The third-order valence-electron chi connectivity index (χ3n) is 7.67. The molecule has 37 heavy (non-hydrogen) atoms. The van der Waals surface area contributed by atoms with Crippen molar-refractivity contribution in [2.24, 2.45) is 0 Å². The maximum Gasteiger partial charge on any atom is 0.147 e. The van der Waals surface area contributed by atoms with E-state index in [4.69, 9.17) is 20.4 Å². The van der Waals surface area contributed by atoms with Gasteiger partial charge in [0, 0.05) is 89.3 Å². The molecule has 196 valence electrons. The Bertz CT molecular complexity index is 1190. The van der Waals surface area contributed by atoms with Gasteiger partial charge in [0.15, 0.2) is 0 Å². The van der Waals surface area contributed by atoms with Crippen molar-refractivity contribution in [2.45, 2.75) is 19.1 Å². The van der Waals surface area contributed by atoms with Gasteiger partial charge in [0.2, 0.25) is 0 Å². The molecule has 3 N–H and O–H groups in total. The fourth-order valence-corrected chi connectivity index (χ4v) is 5.78. The number of anilines is 4. The molecule has 0 amide bonds. The van der Waals surface area contributed by atoms with Gasteiger partial charge in [0.05, 0.1) is 35.8 Å². The first-order valence-corrected chi connectivity index (χ1v) is 13.4. The number of nitrogen functional groups attached to an aromatic ring is 1. The zero-order chi connectivity index (χ0) is 25.2. The van der Waals surface area contributed by atoms with Gasteiger partial charge in [-0.05, 0) is 31.2 Å². The van der Waals surface area contributed by atoms with E-state index in [9.17, 15) is 0 Å². The number of nitrogens with two attached hydrogens (primary N) is 1.